The summed E-state index contributed by atoms with van der Waals surface area (Å²) in [6, 6.07) is 8.40. The number of oxazole rings is 1. The van der Waals surface area contributed by atoms with Crippen molar-refractivity contribution >= 4 is 17.3 Å². The molecule has 2 heterocycles. The van der Waals surface area contributed by atoms with E-state index in [0.717, 1.165) is 11.1 Å². The number of benzene rings is 1. The Kier molecular flexibility index (Phi) is 2.89. The molecule has 0 fully saturated rings. The largest absolute Gasteiger partial charge is 0.478 e. The van der Waals surface area contributed by atoms with Crippen molar-refractivity contribution < 1.29 is 14.3 Å². The van der Waals surface area contributed by atoms with Gasteiger partial charge in [0.05, 0.1) is 11.8 Å². The summed E-state index contributed by atoms with van der Waals surface area (Å²) in [5.41, 5.74) is 1.99. The van der Waals surface area contributed by atoms with E-state index in [4.69, 9.17) is 9.52 Å². The lowest BCUT2D eigenvalue weighted by molar-refractivity contribution is 0.0697. The van der Waals surface area contributed by atoms with Gasteiger partial charge in [-0.3, -0.25) is 0 Å². The number of carboxylic acids is 1. The van der Waals surface area contributed by atoms with E-state index < -0.39 is 5.97 Å². The molecule has 3 rings (SSSR count). The number of rotatable bonds is 3. The van der Waals surface area contributed by atoms with Gasteiger partial charge >= 0.3 is 5.97 Å². The molecule has 0 radical (unpaired) electrons. The van der Waals surface area contributed by atoms with E-state index >= 15 is 0 Å². The molecule has 5 heteroatoms. The normalized spacial score (nSPS) is 10.5. The molecule has 0 bridgehead atoms. The van der Waals surface area contributed by atoms with Gasteiger partial charge in [0.2, 0.25) is 5.89 Å². The molecule has 1 aromatic carbocycles. The molecule has 94 valence electrons. The molecule has 0 spiro atoms. The summed E-state index contributed by atoms with van der Waals surface area (Å²) < 4.78 is 5.66. The van der Waals surface area contributed by atoms with Crippen molar-refractivity contribution in [2.45, 2.75) is 0 Å². The van der Waals surface area contributed by atoms with E-state index in [1.807, 2.05) is 16.8 Å². The van der Waals surface area contributed by atoms with E-state index in [0.29, 0.717) is 11.7 Å². The van der Waals surface area contributed by atoms with Crippen LogP contribution in [0.25, 0.3) is 22.8 Å². The summed E-state index contributed by atoms with van der Waals surface area (Å²) in [6.07, 6.45) is 1.67. The van der Waals surface area contributed by atoms with Crippen molar-refractivity contribution in [2.75, 3.05) is 0 Å². The zero-order chi connectivity index (χ0) is 13.2. The van der Waals surface area contributed by atoms with Crippen LogP contribution in [0.3, 0.4) is 0 Å². The van der Waals surface area contributed by atoms with Gasteiger partial charge in [0, 0.05) is 16.5 Å². The van der Waals surface area contributed by atoms with Crippen LogP contribution >= 0.6 is 11.3 Å². The molecule has 3 aromatic rings. The zero-order valence-electron chi connectivity index (χ0n) is 9.74. The first kappa shape index (κ1) is 11.7. The smallest absolute Gasteiger partial charge is 0.335 e. The van der Waals surface area contributed by atoms with Gasteiger partial charge < -0.3 is 9.52 Å². The van der Waals surface area contributed by atoms with Gasteiger partial charge in [-0.15, -0.1) is 0 Å². The molecular weight excluding hydrogens is 262 g/mol. The Morgan fingerprint density at radius 3 is 2.58 bits per heavy atom. The summed E-state index contributed by atoms with van der Waals surface area (Å²) in [6.45, 7) is 0. The van der Waals surface area contributed by atoms with E-state index in [2.05, 4.69) is 4.98 Å². The number of thiophene rings is 1. The summed E-state index contributed by atoms with van der Waals surface area (Å²) >= 11 is 1.59. The highest BCUT2D eigenvalue weighted by Gasteiger charge is 2.09. The molecule has 2 aromatic heterocycles. The van der Waals surface area contributed by atoms with Gasteiger partial charge in [-0.1, -0.05) is 0 Å². The molecule has 0 saturated heterocycles. The second kappa shape index (κ2) is 4.70. The van der Waals surface area contributed by atoms with Gasteiger partial charge in [-0.2, -0.15) is 11.3 Å². The van der Waals surface area contributed by atoms with Crippen LogP contribution in [-0.2, 0) is 0 Å². The third-order valence-electron chi connectivity index (χ3n) is 2.69. The predicted molar refractivity (Wildman–Crippen MR) is 72.2 cm³/mol. The summed E-state index contributed by atoms with van der Waals surface area (Å²) in [4.78, 5) is 15.0. The lowest BCUT2D eigenvalue weighted by atomic mass is 10.1. The number of aromatic carboxylic acids is 1. The van der Waals surface area contributed by atoms with Crippen LogP contribution in [0.4, 0.5) is 0 Å². The van der Waals surface area contributed by atoms with Crippen LogP contribution in [0, 0.1) is 0 Å². The predicted octanol–water partition coefficient (Wildman–Crippen LogP) is 3.77. The average Bonchev–Trinajstić information content (AvgIpc) is 3.10. The monoisotopic (exact) mass is 271 g/mol. The molecular formula is C14H9NO3S. The lowest BCUT2D eigenvalue weighted by Gasteiger charge is -1.97. The minimum atomic E-state index is -0.946. The fourth-order valence-electron chi connectivity index (χ4n) is 1.70. The summed E-state index contributed by atoms with van der Waals surface area (Å²) in [5, 5.41) is 12.8. The van der Waals surface area contributed by atoms with Crippen LogP contribution in [-0.4, -0.2) is 16.1 Å². The second-order valence-corrected chi connectivity index (χ2v) is 4.70. The van der Waals surface area contributed by atoms with Crippen LogP contribution in [0.1, 0.15) is 10.4 Å². The minimum Gasteiger partial charge on any atom is -0.478 e. The number of hydrogen-bond donors (Lipinski definition) is 1. The molecule has 0 aliphatic heterocycles. The third kappa shape index (κ3) is 2.28. The van der Waals surface area contributed by atoms with Gasteiger partial charge in [0.25, 0.3) is 0 Å². The Labute approximate surface area is 113 Å². The van der Waals surface area contributed by atoms with E-state index in [-0.39, 0.29) is 5.56 Å². The fraction of sp³-hybridized carbons (Fsp3) is 0. The van der Waals surface area contributed by atoms with E-state index in [9.17, 15) is 4.79 Å². The maximum Gasteiger partial charge on any atom is 0.335 e. The van der Waals surface area contributed by atoms with Gasteiger partial charge in [0.15, 0.2) is 5.76 Å². The number of aromatic nitrogens is 1. The highest BCUT2D eigenvalue weighted by Crippen LogP contribution is 2.27. The Balaban J connectivity index is 1.92. The molecule has 0 aliphatic rings. The van der Waals surface area contributed by atoms with Crippen molar-refractivity contribution in [3.05, 3.63) is 52.9 Å². The van der Waals surface area contributed by atoms with Crippen molar-refractivity contribution in [1.82, 2.24) is 4.98 Å². The number of carbonyl (C=O) groups is 1. The number of nitrogens with zero attached hydrogens (tertiary/aromatic N) is 1. The summed E-state index contributed by atoms with van der Waals surface area (Å²) in [5.74, 6) is 0.245. The van der Waals surface area contributed by atoms with E-state index in [1.165, 1.54) is 12.1 Å². The van der Waals surface area contributed by atoms with Gasteiger partial charge in [-0.25, -0.2) is 9.78 Å². The molecule has 0 aliphatic carbocycles. The molecule has 0 atom stereocenters. The van der Waals surface area contributed by atoms with Gasteiger partial charge in [0.1, 0.15) is 0 Å². The molecule has 4 nitrogen and oxygen atoms in total. The minimum absolute atomic E-state index is 0.244. The van der Waals surface area contributed by atoms with Crippen molar-refractivity contribution in [1.29, 1.82) is 0 Å². The SMILES string of the molecule is O=C(O)c1ccc(-c2ncc(-c3ccsc3)o2)cc1. The maximum atomic E-state index is 10.8. The molecule has 0 saturated carbocycles. The molecule has 1 N–H and O–H groups in total. The Bertz CT molecular complexity index is 699. The Morgan fingerprint density at radius 1 is 1.16 bits per heavy atom. The Morgan fingerprint density at radius 2 is 1.95 bits per heavy atom. The third-order valence-corrected chi connectivity index (χ3v) is 3.37. The molecule has 19 heavy (non-hydrogen) atoms. The highest BCUT2D eigenvalue weighted by atomic mass is 32.1. The molecule has 0 unspecified atom stereocenters. The standard InChI is InChI=1S/C14H9NO3S/c16-14(17)10-3-1-9(2-4-10)13-15-7-12(18-13)11-5-6-19-8-11/h1-8H,(H,16,17). The summed E-state index contributed by atoms with van der Waals surface area (Å²) in [7, 11) is 0. The quantitative estimate of drug-likeness (QED) is 0.787. The highest BCUT2D eigenvalue weighted by molar-refractivity contribution is 7.08. The van der Waals surface area contributed by atoms with Crippen LogP contribution in [0.5, 0.6) is 0 Å². The first-order chi connectivity index (χ1) is 9.24. The molecule has 0 amide bonds. The van der Waals surface area contributed by atoms with Crippen molar-refractivity contribution in [3.63, 3.8) is 0 Å². The van der Waals surface area contributed by atoms with Crippen molar-refractivity contribution in [3.8, 4) is 22.8 Å². The van der Waals surface area contributed by atoms with Crippen LogP contribution < -0.4 is 0 Å². The first-order valence-corrected chi connectivity index (χ1v) is 6.50. The second-order valence-electron chi connectivity index (χ2n) is 3.92. The topological polar surface area (TPSA) is 63.3 Å². The zero-order valence-corrected chi connectivity index (χ0v) is 10.6. The van der Waals surface area contributed by atoms with Crippen LogP contribution in [0.15, 0.2) is 51.7 Å². The maximum absolute atomic E-state index is 10.8. The van der Waals surface area contributed by atoms with E-state index in [1.54, 1.807) is 29.7 Å². The van der Waals surface area contributed by atoms with Crippen LogP contribution in [0.2, 0.25) is 0 Å². The fourth-order valence-corrected chi connectivity index (χ4v) is 2.35. The van der Waals surface area contributed by atoms with Gasteiger partial charge in [-0.05, 0) is 35.7 Å². The average molecular weight is 271 g/mol. The number of hydrogen-bond acceptors (Lipinski definition) is 4. The number of carboxylic acid groups (broad SMARTS) is 1. The lowest BCUT2D eigenvalue weighted by Crippen LogP contribution is -1.94. The van der Waals surface area contributed by atoms with Crippen molar-refractivity contribution in [2.24, 2.45) is 0 Å². The Hall–Kier alpha value is -2.40. The first-order valence-electron chi connectivity index (χ1n) is 5.56.